The molecule has 1 aromatic heterocycles. The first-order chi connectivity index (χ1) is 11.6. The quantitative estimate of drug-likeness (QED) is 0.937. The number of likely N-dealkylation sites (N-methyl/N-ethyl adjacent to an activating group) is 1. The zero-order valence-electron chi connectivity index (χ0n) is 14.2. The van der Waals surface area contributed by atoms with Crippen LogP contribution in [0.15, 0.2) is 36.4 Å². The summed E-state index contributed by atoms with van der Waals surface area (Å²) >= 11 is 0. The lowest BCUT2D eigenvalue weighted by atomic mass is 10.0. The number of H-pyrrole nitrogens is 1. The molecule has 3 rings (SSSR count). The first-order valence-electron chi connectivity index (χ1n) is 8.34. The van der Waals surface area contributed by atoms with Crippen molar-refractivity contribution in [3.63, 3.8) is 0 Å². The van der Waals surface area contributed by atoms with Crippen molar-refractivity contribution in [1.82, 2.24) is 15.1 Å². The SMILES string of the molecule is Cc1cc(N(C)[C@@H]2CCCN(C(=O)OCc3ccccc3)C2)n[nH]1. The van der Waals surface area contributed by atoms with Gasteiger partial charge in [-0.25, -0.2) is 4.79 Å². The van der Waals surface area contributed by atoms with Crippen LogP contribution in [0, 0.1) is 6.92 Å². The van der Waals surface area contributed by atoms with E-state index in [1.807, 2.05) is 50.4 Å². The molecule has 1 aliphatic heterocycles. The molecule has 0 unspecified atom stereocenters. The molecule has 0 saturated carbocycles. The summed E-state index contributed by atoms with van der Waals surface area (Å²) in [7, 11) is 2.03. The Kier molecular flexibility index (Phi) is 5.03. The van der Waals surface area contributed by atoms with Gasteiger partial charge in [0.15, 0.2) is 5.82 Å². The highest BCUT2D eigenvalue weighted by molar-refractivity contribution is 5.68. The summed E-state index contributed by atoms with van der Waals surface area (Å²) in [5.74, 6) is 0.914. The van der Waals surface area contributed by atoms with Crippen molar-refractivity contribution < 1.29 is 9.53 Å². The van der Waals surface area contributed by atoms with Gasteiger partial charge in [0.1, 0.15) is 6.61 Å². The molecule has 1 aliphatic rings. The van der Waals surface area contributed by atoms with Gasteiger partial charge in [-0.1, -0.05) is 30.3 Å². The van der Waals surface area contributed by atoms with Crippen LogP contribution in [0.2, 0.25) is 0 Å². The Labute approximate surface area is 142 Å². The molecule has 1 amide bonds. The number of nitrogens with zero attached hydrogens (tertiary/aromatic N) is 3. The first-order valence-corrected chi connectivity index (χ1v) is 8.34. The van der Waals surface area contributed by atoms with Crippen LogP contribution in [0.1, 0.15) is 24.1 Å². The van der Waals surface area contributed by atoms with E-state index in [2.05, 4.69) is 15.1 Å². The third kappa shape index (κ3) is 3.88. The maximum absolute atomic E-state index is 12.3. The van der Waals surface area contributed by atoms with Crippen LogP contribution in [0.25, 0.3) is 0 Å². The molecule has 128 valence electrons. The van der Waals surface area contributed by atoms with Gasteiger partial charge in [0.05, 0.1) is 0 Å². The first kappa shape index (κ1) is 16.4. The zero-order chi connectivity index (χ0) is 16.9. The molecular formula is C18H24N4O2. The predicted molar refractivity (Wildman–Crippen MR) is 92.9 cm³/mol. The standard InChI is InChI=1S/C18H24N4O2/c1-14-11-17(20-19-14)21(2)16-9-6-10-22(12-16)18(23)24-13-15-7-4-3-5-8-15/h3-5,7-8,11,16H,6,9-10,12-13H2,1-2H3,(H,19,20)/t16-/m1/s1. The van der Waals surface area contributed by atoms with Crippen LogP contribution in [0.5, 0.6) is 0 Å². The van der Waals surface area contributed by atoms with Crippen LogP contribution in [-0.4, -0.2) is 47.4 Å². The van der Waals surface area contributed by atoms with E-state index in [0.29, 0.717) is 13.2 Å². The molecule has 1 saturated heterocycles. The molecule has 2 heterocycles. The minimum Gasteiger partial charge on any atom is -0.445 e. The van der Waals surface area contributed by atoms with Crippen molar-refractivity contribution in [2.75, 3.05) is 25.0 Å². The summed E-state index contributed by atoms with van der Waals surface area (Å²) in [6, 6.07) is 12.0. The highest BCUT2D eigenvalue weighted by atomic mass is 16.6. The van der Waals surface area contributed by atoms with Crippen LogP contribution < -0.4 is 4.90 Å². The van der Waals surface area contributed by atoms with Gasteiger partial charge >= 0.3 is 6.09 Å². The number of anilines is 1. The van der Waals surface area contributed by atoms with Gasteiger partial charge in [0.2, 0.25) is 0 Å². The fraction of sp³-hybridized carbons (Fsp3) is 0.444. The Hall–Kier alpha value is -2.50. The summed E-state index contributed by atoms with van der Waals surface area (Å²) in [5.41, 5.74) is 2.04. The van der Waals surface area contributed by atoms with E-state index >= 15 is 0 Å². The molecule has 0 aliphatic carbocycles. The zero-order valence-corrected chi connectivity index (χ0v) is 14.2. The Morgan fingerprint density at radius 2 is 2.21 bits per heavy atom. The lowest BCUT2D eigenvalue weighted by molar-refractivity contribution is 0.0859. The molecule has 1 aromatic carbocycles. The number of hydrogen-bond acceptors (Lipinski definition) is 4. The van der Waals surface area contributed by atoms with Crippen LogP contribution in [0.3, 0.4) is 0 Å². The van der Waals surface area contributed by atoms with Crippen molar-refractivity contribution >= 4 is 11.9 Å². The molecular weight excluding hydrogens is 304 g/mol. The summed E-state index contributed by atoms with van der Waals surface area (Å²) in [5, 5.41) is 7.27. The smallest absolute Gasteiger partial charge is 0.410 e. The minimum absolute atomic E-state index is 0.241. The van der Waals surface area contributed by atoms with Crippen molar-refractivity contribution in [1.29, 1.82) is 0 Å². The van der Waals surface area contributed by atoms with Gasteiger partial charge in [0, 0.05) is 37.9 Å². The summed E-state index contributed by atoms with van der Waals surface area (Å²) < 4.78 is 5.45. The number of benzene rings is 1. The van der Waals surface area contributed by atoms with Crippen LogP contribution in [-0.2, 0) is 11.3 Å². The van der Waals surface area contributed by atoms with Gasteiger partial charge in [-0.2, -0.15) is 5.10 Å². The van der Waals surface area contributed by atoms with Gasteiger partial charge in [-0.15, -0.1) is 0 Å². The largest absolute Gasteiger partial charge is 0.445 e. The Morgan fingerprint density at radius 1 is 1.42 bits per heavy atom. The maximum Gasteiger partial charge on any atom is 0.410 e. The number of hydrogen-bond donors (Lipinski definition) is 1. The van der Waals surface area contributed by atoms with E-state index < -0.39 is 0 Å². The molecule has 0 bridgehead atoms. The number of ether oxygens (including phenoxy) is 1. The average Bonchev–Trinajstić information content (AvgIpc) is 3.06. The van der Waals surface area contributed by atoms with Gasteiger partial charge in [-0.3, -0.25) is 5.10 Å². The summed E-state index contributed by atoms with van der Waals surface area (Å²) in [4.78, 5) is 16.3. The molecule has 6 heteroatoms. The third-order valence-electron chi connectivity index (χ3n) is 4.46. The van der Waals surface area contributed by atoms with Gasteiger partial charge in [-0.05, 0) is 25.3 Å². The number of piperidine rings is 1. The second-order valence-electron chi connectivity index (χ2n) is 6.30. The summed E-state index contributed by atoms with van der Waals surface area (Å²) in [6.07, 6.45) is 1.78. The molecule has 24 heavy (non-hydrogen) atoms. The average molecular weight is 328 g/mol. The second-order valence-corrected chi connectivity index (χ2v) is 6.30. The minimum atomic E-state index is -0.241. The van der Waals surface area contributed by atoms with Crippen molar-refractivity contribution in [3.05, 3.63) is 47.7 Å². The molecule has 0 radical (unpaired) electrons. The van der Waals surface area contributed by atoms with Gasteiger partial charge in [0.25, 0.3) is 0 Å². The van der Waals surface area contributed by atoms with Crippen molar-refractivity contribution in [3.8, 4) is 0 Å². The van der Waals surface area contributed by atoms with E-state index in [1.54, 1.807) is 4.90 Å². The van der Waals surface area contributed by atoms with E-state index in [9.17, 15) is 4.79 Å². The molecule has 1 fully saturated rings. The Balaban J connectivity index is 1.55. The van der Waals surface area contributed by atoms with E-state index in [1.165, 1.54) is 0 Å². The fourth-order valence-corrected chi connectivity index (χ4v) is 3.02. The van der Waals surface area contributed by atoms with E-state index in [-0.39, 0.29) is 12.1 Å². The highest BCUT2D eigenvalue weighted by Gasteiger charge is 2.28. The molecule has 6 nitrogen and oxygen atoms in total. The lowest BCUT2D eigenvalue weighted by Crippen LogP contribution is -2.49. The molecule has 1 atom stereocenters. The van der Waals surface area contributed by atoms with Crippen molar-refractivity contribution in [2.24, 2.45) is 0 Å². The number of likely N-dealkylation sites (tertiary alicyclic amines) is 1. The van der Waals surface area contributed by atoms with Crippen LogP contribution in [0.4, 0.5) is 10.6 Å². The number of amides is 1. The molecule has 1 N–H and O–H groups in total. The topological polar surface area (TPSA) is 61.5 Å². The maximum atomic E-state index is 12.3. The Morgan fingerprint density at radius 3 is 2.92 bits per heavy atom. The molecule has 2 aromatic rings. The number of rotatable bonds is 4. The van der Waals surface area contributed by atoms with Crippen LogP contribution >= 0.6 is 0 Å². The molecule has 0 spiro atoms. The van der Waals surface area contributed by atoms with E-state index in [0.717, 1.165) is 36.5 Å². The lowest BCUT2D eigenvalue weighted by Gasteiger charge is -2.37. The predicted octanol–water partition coefficient (Wildman–Crippen LogP) is 2.96. The monoisotopic (exact) mass is 328 g/mol. The number of aromatic nitrogens is 2. The van der Waals surface area contributed by atoms with Crippen molar-refractivity contribution in [2.45, 2.75) is 32.4 Å². The fourth-order valence-electron chi connectivity index (χ4n) is 3.02. The number of carbonyl (C=O) groups is 1. The Bertz CT molecular complexity index is 671. The third-order valence-corrected chi connectivity index (χ3v) is 4.46. The normalized spacial score (nSPS) is 17.6. The number of carbonyl (C=O) groups excluding carboxylic acids is 1. The second kappa shape index (κ2) is 7.38. The summed E-state index contributed by atoms with van der Waals surface area (Å²) in [6.45, 7) is 3.71. The number of nitrogens with one attached hydrogen (secondary N) is 1. The number of aromatic amines is 1. The highest BCUT2D eigenvalue weighted by Crippen LogP contribution is 2.21. The van der Waals surface area contributed by atoms with Gasteiger partial charge < -0.3 is 14.5 Å². The number of aryl methyl sites for hydroxylation is 1. The van der Waals surface area contributed by atoms with E-state index in [4.69, 9.17) is 4.74 Å².